The Morgan fingerprint density at radius 2 is 2.19 bits per heavy atom. The molecule has 0 unspecified atom stereocenters. The van der Waals surface area contributed by atoms with E-state index < -0.39 is 5.97 Å². The monoisotopic (exact) mass is 388 g/mol. The van der Waals surface area contributed by atoms with Gasteiger partial charge >= 0.3 is 5.97 Å². The van der Waals surface area contributed by atoms with Crippen LogP contribution in [0.2, 0.25) is 0 Å². The van der Waals surface area contributed by atoms with Crippen molar-refractivity contribution >= 4 is 23.4 Å². The number of hydrogen-bond acceptors (Lipinski definition) is 7. The van der Waals surface area contributed by atoms with E-state index in [-0.39, 0.29) is 11.3 Å². The van der Waals surface area contributed by atoms with Crippen LogP contribution < -0.4 is 4.90 Å². The SMILES string of the molecule is C=CCSc1ncc(C(=O)OC)cc1O.CN1CCCc2cccc(O)c21. The lowest BCUT2D eigenvalue weighted by molar-refractivity contribution is 0.0599. The number of nitrogens with zero attached hydrogens (tertiary/aromatic N) is 2. The minimum absolute atomic E-state index is 0.0234. The van der Waals surface area contributed by atoms with Gasteiger partial charge in [-0.15, -0.1) is 6.58 Å². The topological polar surface area (TPSA) is 82.9 Å². The van der Waals surface area contributed by atoms with Crippen molar-refractivity contribution < 1.29 is 19.7 Å². The first-order valence-corrected chi connectivity index (χ1v) is 9.49. The van der Waals surface area contributed by atoms with Gasteiger partial charge in [0.1, 0.15) is 16.5 Å². The summed E-state index contributed by atoms with van der Waals surface area (Å²) in [6.45, 7) is 4.61. The van der Waals surface area contributed by atoms with Crippen LogP contribution in [0, 0.1) is 0 Å². The summed E-state index contributed by atoms with van der Waals surface area (Å²) in [6.07, 6.45) is 5.36. The number of anilines is 1. The number of phenols is 1. The van der Waals surface area contributed by atoms with Crippen LogP contribution in [0.25, 0.3) is 0 Å². The van der Waals surface area contributed by atoms with Gasteiger partial charge in [-0.3, -0.25) is 0 Å². The van der Waals surface area contributed by atoms with E-state index in [1.165, 1.54) is 43.1 Å². The minimum Gasteiger partial charge on any atom is -0.506 e. The highest BCUT2D eigenvalue weighted by Gasteiger charge is 2.16. The summed E-state index contributed by atoms with van der Waals surface area (Å²) in [6, 6.07) is 7.09. The lowest BCUT2D eigenvalue weighted by atomic mass is 10.0. The number of fused-ring (bicyclic) bond motifs is 1. The molecule has 7 heteroatoms. The molecule has 0 bridgehead atoms. The highest BCUT2D eigenvalue weighted by Crippen LogP contribution is 2.34. The Balaban J connectivity index is 0.000000198. The lowest BCUT2D eigenvalue weighted by Crippen LogP contribution is -2.24. The molecule has 1 aromatic heterocycles. The number of pyridine rings is 1. The molecule has 2 heterocycles. The summed E-state index contributed by atoms with van der Waals surface area (Å²) in [4.78, 5) is 17.2. The molecule has 1 aliphatic rings. The highest BCUT2D eigenvalue weighted by atomic mass is 32.2. The van der Waals surface area contributed by atoms with Gasteiger partial charge in [-0.25, -0.2) is 9.78 Å². The normalized spacial score (nSPS) is 12.4. The molecule has 0 amide bonds. The molecule has 27 heavy (non-hydrogen) atoms. The smallest absolute Gasteiger partial charge is 0.339 e. The first-order chi connectivity index (χ1) is 13.0. The number of carbonyl (C=O) groups is 1. The van der Waals surface area contributed by atoms with Gasteiger partial charge in [-0.1, -0.05) is 30.0 Å². The Kier molecular flexibility index (Phi) is 7.55. The maximum absolute atomic E-state index is 11.1. The van der Waals surface area contributed by atoms with E-state index in [1.54, 1.807) is 12.1 Å². The number of esters is 1. The molecule has 6 nitrogen and oxygen atoms in total. The number of aromatic nitrogens is 1. The Hall–Kier alpha value is -2.67. The molecular weight excluding hydrogens is 364 g/mol. The number of benzene rings is 1. The molecule has 0 saturated heterocycles. The molecular formula is C20H24N2O4S. The molecule has 0 spiro atoms. The fourth-order valence-electron chi connectivity index (χ4n) is 2.76. The predicted octanol–water partition coefficient (Wildman–Crippen LogP) is 3.63. The van der Waals surface area contributed by atoms with Crippen molar-refractivity contribution in [3.63, 3.8) is 0 Å². The van der Waals surface area contributed by atoms with Crippen LogP contribution in [-0.2, 0) is 11.2 Å². The van der Waals surface area contributed by atoms with E-state index in [0.29, 0.717) is 16.5 Å². The molecule has 3 rings (SSSR count). The zero-order valence-corrected chi connectivity index (χ0v) is 16.3. The summed E-state index contributed by atoms with van der Waals surface area (Å²) in [5.41, 5.74) is 2.52. The second-order valence-corrected chi connectivity index (χ2v) is 6.96. The Labute approximate surface area is 163 Å². The van der Waals surface area contributed by atoms with E-state index in [9.17, 15) is 15.0 Å². The van der Waals surface area contributed by atoms with Gasteiger partial charge in [0.15, 0.2) is 0 Å². The molecule has 0 atom stereocenters. The van der Waals surface area contributed by atoms with Gasteiger partial charge in [-0.2, -0.15) is 0 Å². The first kappa shape index (κ1) is 20.6. The second kappa shape index (κ2) is 9.87. The van der Waals surface area contributed by atoms with E-state index in [2.05, 4.69) is 27.3 Å². The van der Waals surface area contributed by atoms with Crippen LogP contribution in [0.4, 0.5) is 5.69 Å². The Morgan fingerprint density at radius 3 is 2.81 bits per heavy atom. The lowest BCUT2D eigenvalue weighted by Gasteiger charge is -2.27. The molecule has 144 valence electrons. The molecule has 2 aromatic rings. The van der Waals surface area contributed by atoms with Crippen LogP contribution in [0.1, 0.15) is 22.3 Å². The fourth-order valence-corrected chi connectivity index (χ4v) is 3.37. The van der Waals surface area contributed by atoms with Crippen LogP contribution in [0.5, 0.6) is 11.5 Å². The summed E-state index contributed by atoms with van der Waals surface area (Å²) >= 11 is 1.34. The molecule has 0 radical (unpaired) electrons. The van der Waals surface area contributed by atoms with Crippen molar-refractivity contribution in [1.29, 1.82) is 0 Å². The third-order valence-corrected chi connectivity index (χ3v) is 5.00. The zero-order valence-electron chi connectivity index (χ0n) is 15.5. The third-order valence-electron chi connectivity index (χ3n) is 4.01. The van der Waals surface area contributed by atoms with Crippen molar-refractivity contribution in [3.8, 4) is 11.5 Å². The van der Waals surface area contributed by atoms with Crippen LogP contribution in [0.15, 0.2) is 48.1 Å². The summed E-state index contributed by atoms with van der Waals surface area (Å²) in [5.74, 6) is 0.524. The van der Waals surface area contributed by atoms with Gasteiger partial charge < -0.3 is 19.8 Å². The maximum Gasteiger partial charge on any atom is 0.339 e. The molecule has 1 aromatic carbocycles. The standard InChI is InChI=1S/C10H11NO3S.C10H13NO/c1-3-4-15-9-8(12)5-7(6-11-9)10(13)14-2;1-11-7-3-5-8-4-2-6-9(12)10(8)11/h3,5-6,12H,1,4H2,2H3;2,4,6,12H,3,5,7H2,1H3. The Bertz CT molecular complexity index is 811. The van der Waals surface area contributed by atoms with E-state index in [0.717, 1.165) is 18.7 Å². The van der Waals surface area contributed by atoms with Crippen LogP contribution in [0.3, 0.4) is 0 Å². The molecule has 0 saturated carbocycles. The fraction of sp³-hybridized carbons (Fsp3) is 0.300. The summed E-state index contributed by atoms with van der Waals surface area (Å²) < 4.78 is 4.50. The average molecular weight is 388 g/mol. The van der Waals surface area contributed by atoms with Gasteiger partial charge in [0, 0.05) is 25.5 Å². The van der Waals surface area contributed by atoms with Gasteiger partial charge in [0.05, 0.1) is 18.4 Å². The Morgan fingerprint density at radius 1 is 1.41 bits per heavy atom. The second-order valence-electron chi connectivity index (χ2n) is 5.95. The van der Waals surface area contributed by atoms with Gasteiger partial charge in [-0.05, 0) is 30.5 Å². The number of para-hydroxylation sites is 1. The molecule has 1 aliphatic heterocycles. The highest BCUT2D eigenvalue weighted by molar-refractivity contribution is 7.99. The molecule has 0 fully saturated rings. The van der Waals surface area contributed by atoms with Crippen LogP contribution >= 0.6 is 11.8 Å². The summed E-state index contributed by atoms with van der Waals surface area (Å²) in [5, 5.41) is 19.6. The number of methoxy groups -OCH3 is 1. The first-order valence-electron chi connectivity index (χ1n) is 8.51. The summed E-state index contributed by atoms with van der Waals surface area (Å²) in [7, 11) is 3.30. The number of phenolic OH excluding ortho intramolecular Hbond substituents is 1. The quantitative estimate of drug-likeness (QED) is 0.470. The van der Waals surface area contributed by atoms with E-state index in [4.69, 9.17) is 0 Å². The third kappa shape index (κ3) is 5.40. The van der Waals surface area contributed by atoms with Crippen molar-refractivity contribution in [1.82, 2.24) is 4.98 Å². The largest absolute Gasteiger partial charge is 0.506 e. The number of aryl methyl sites for hydroxylation is 1. The molecule has 2 N–H and O–H groups in total. The number of hydrogen-bond donors (Lipinski definition) is 2. The zero-order chi connectivity index (χ0) is 19.8. The van der Waals surface area contributed by atoms with Crippen LogP contribution in [-0.4, -0.2) is 47.6 Å². The number of carbonyl (C=O) groups excluding carboxylic acids is 1. The number of rotatable bonds is 4. The van der Waals surface area contributed by atoms with Crippen molar-refractivity contribution in [3.05, 3.63) is 54.2 Å². The van der Waals surface area contributed by atoms with E-state index in [1.807, 2.05) is 13.1 Å². The number of thioether (sulfide) groups is 1. The predicted molar refractivity (Wildman–Crippen MR) is 108 cm³/mol. The van der Waals surface area contributed by atoms with Gasteiger partial charge in [0.2, 0.25) is 0 Å². The minimum atomic E-state index is -0.516. The van der Waals surface area contributed by atoms with Crippen molar-refractivity contribution in [2.75, 3.05) is 31.4 Å². The average Bonchev–Trinajstić information content (AvgIpc) is 2.67. The van der Waals surface area contributed by atoms with Crippen molar-refractivity contribution in [2.45, 2.75) is 17.9 Å². The molecule has 0 aliphatic carbocycles. The van der Waals surface area contributed by atoms with Crippen molar-refractivity contribution in [2.24, 2.45) is 0 Å². The number of aromatic hydroxyl groups is 2. The maximum atomic E-state index is 11.1. The van der Waals surface area contributed by atoms with E-state index >= 15 is 0 Å². The van der Waals surface area contributed by atoms with Gasteiger partial charge in [0.25, 0.3) is 0 Å². The number of ether oxygens (including phenoxy) is 1.